The van der Waals surface area contributed by atoms with Gasteiger partial charge in [-0.3, -0.25) is 0 Å². The summed E-state index contributed by atoms with van der Waals surface area (Å²) in [5.41, 5.74) is 1.15. The van der Waals surface area contributed by atoms with Gasteiger partial charge in [-0.05, 0) is 43.9 Å². The second kappa shape index (κ2) is 11.8. The highest BCUT2D eigenvalue weighted by Gasteiger charge is 2.14. The van der Waals surface area contributed by atoms with Crippen LogP contribution in [0.5, 0.6) is 0 Å². The van der Waals surface area contributed by atoms with Crippen LogP contribution in [0.15, 0.2) is 23.2 Å². The van der Waals surface area contributed by atoms with Crippen molar-refractivity contribution in [1.82, 2.24) is 10.6 Å². The van der Waals surface area contributed by atoms with Gasteiger partial charge in [0, 0.05) is 31.9 Å². The molecular formula is C19H30FN3O3. The van der Waals surface area contributed by atoms with E-state index in [0.717, 1.165) is 44.5 Å². The molecule has 1 aromatic carbocycles. The van der Waals surface area contributed by atoms with Gasteiger partial charge in [0.2, 0.25) is 0 Å². The molecule has 6 nitrogen and oxygen atoms in total. The van der Waals surface area contributed by atoms with Crippen molar-refractivity contribution in [2.24, 2.45) is 4.99 Å². The Hall–Kier alpha value is -1.70. The van der Waals surface area contributed by atoms with E-state index in [1.54, 1.807) is 12.1 Å². The number of aliphatic hydroxyl groups is 1. The van der Waals surface area contributed by atoms with Gasteiger partial charge in [-0.15, -0.1) is 0 Å². The lowest BCUT2D eigenvalue weighted by molar-refractivity contribution is 0.0168. The summed E-state index contributed by atoms with van der Waals surface area (Å²) in [7, 11) is 0. The van der Waals surface area contributed by atoms with Crippen molar-refractivity contribution in [2.45, 2.75) is 45.4 Å². The Balaban J connectivity index is 1.70. The number of rotatable bonds is 10. The van der Waals surface area contributed by atoms with E-state index in [9.17, 15) is 4.39 Å². The van der Waals surface area contributed by atoms with Crippen LogP contribution in [0.3, 0.4) is 0 Å². The quantitative estimate of drug-likeness (QED) is 0.335. The number of aliphatic imine (C=N–C) groups is 1. The average molecular weight is 367 g/mol. The molecule has 1 unspecified atom stereocenters. The van der Waals surface area contributed by atoms with E-state index < -0.39 is 5.82 Å². The van der Waals surface area contributed by atoms with Crippen LogP contribution in [0.1, 0.15) is 37.3 Å². The van der Waals surface area contributed by atoms with Gasteiger partial charge >= 0.3 is 0 Å². The Kier molecular flexibility index (Phi) is 9.38. The molecule has 0 amide bonds. The minimum atomic E-state index is -0.395. The minimum absolute atomic E-state index is 0.265. The minimum Gasteiger partial charge on any atom is -0.392 e. The van der Waals surface area contributed by atoms with Crippen LogP contribution in [0, 0.1) is 5.82 Å². The average Bonchev–Trinajstić information content (AvgIpc) is 3.17. The number of ether oxygens (including phenoxy) is 2. The molecule has 1 saturated heterocycles. The highest BCUT2D eigenvalue weighted by Crippen LogP contribution is 2.12. The fraction of sp³-hybridized carbons (Fsp3) is 0.632. The predicted molar refractivity (Wildman–Crippen MR) is 99.6 cm³/mol. The monoisotopic (exact) mass is 367 g/mol. The van der Waals surface area contributed by atoms with Gasteiger partial charge in [-0.25, -0.2) is 9.38 Å². The molecule has 1 atom stereocenters. The zero-order chi connectivity index (χ0) is 18.6. The molecule has 0 radical (unpaired) electrons. The molecule has 0 aliphatic carbocycles. The molecule has 2 rings (SSSR count). The Morgan fingerprint density at radius 3 is 3.04 bits per heavy atom. The van der Waals surface area contributed by atoms with E-state index >= 15 is 0 Å². The fourth-order valence-electron chi connectivity index (χ4n) is 2.73. The Morgan fingerprint density at radius 2 is 2.31 bits per heavy atom. The molecule has 1 heterocycles. The van der Waals surface area contributed by atoms with Crippen molar-refractivity contribution in [1.29, 1.82) is 0 Å². The zero-order valence-electron chi connectivity index (χ0n) is 15.5. The smallest absolute Gasteiger partial charge is 0.191 e. The second-order valence-electron chi connectivity index (χ2n) is 6.27. The number of hydrogen-bond acceptors (Lipinski definition) is 4. The molecular weight excluding hydrogens is 337 g/mol. The summed E-state index contributed by atoms with van der Waals surface area (Å²) in [4.78, 5) is 4.50. The third kappa shape index (κ3) is 7.27. The number of halogens is 1. The highest BCUT2D eigenvalue weighted by molar-refractivity contribution is 5.79. The first kappa shape index (κ1) is 20.6. The summed E-state index contributed by atoms with van der Waals surface area (Å²) < 4.78 is 24.6. The summed E-state index contributed by atoms with van der Waals surface area (Å²) >= 11 is 0. The van der Waals surface area contributed by atoms with Crippen LogP contribution in [-0.2, 0) is 22.6 Å². The van der Waals surface area contributed by atoms with Gasteiger partial charge in [0.1, 0.15) is 5.82 Å². The third-order valence-electron chi connectivity index (χ3n) is 4.13. The number of aliphatic hydroxyl groups excluding tert-OH is 1. The first-order chi connectivity index (χ1) is 12.7. The largest absolute Gasteiger partial charge is 0.392 e. The zero-order valence-corrected chi connectivity index (χ0v) is 15.5. The van der Waals surface area contributed by atoms with Gasteiger partial charge in [-0.2, -0.15) is 0 Å². The lowest BCUT2D eigenvalue weighted by Gasteiger charge is -2.13. The summed E-state index contributed by atoms with van der Waals surface area (Å²) in [6.45, 7) is 5.83. The van der Waals surface area contributed by atoms with Crippen LogP contribution in [0.4, 0.5) is 4.39 Å². The second-order valence-corrected chi connectivity index (χ2v) is 6.27. The predicted octanol–water partition coefficient (Wildman–Crippen LogP) is 1.96. The lowest BCUT2D eigenvalue weighted by atomic mass is 10.1. The van der Waals surface area contributed by atoms with Crippen molar-refractivity contribution in [2.75, 3.05) is 32.9 Å². The Morgan fingerprint density at radius 1 is 1.42 bits per heavy atom. The molecule has 0 spiro atoms. The fourth-order valence-corrected chi connectivity index (χ4v) is 2.73. The van der Waals surface area contributed by atoms with E-state index in [0.29, 0.717) is 31.3 Å². The molecule has 1 fully saturated rings. The molecule has 7 heteroatoms. The van der Waals surface area contributed by atoms with E-state index in [2.05, 4.69) is 15.6 Å². The molecule has 3 N–H and O–H groups in total. The van der Waals surface area contributed by atoms with Crippen molar-refractivity contribution >= 4 is 5.96 Å². The summed E-state index contributed by atoms with van der Waals surface area (Å²) in [5.74, 6) is 0.315. The van der Waals surface area contributed by atoms with Crippen LogP contribution in [0.2, 0.25) is 0 Å². The molecule has 146 valence electrons. The topological polar surface area (TPSA) is 75.1 Å². The number of guanidine groups is 1. The number of nitrogens with zero attached hydrogens (tertiary/aromatic N) is 1. The van der Waals surface area contributed by atoms with Crippen LogP contribution in [-0.4, -0.2) is 50.1 Å². The van der Waals surface area contributed by atoms with Crippen LogP contribution < -0.4 is 10.6 Å². The SMILES string of the molecule is CCNC(=NCc1ccc(F)c(CO)c1)NCCCOCC1CCCO1. The van der Waals surface area contributed by atoms with Gasteiger partial charge in [0.05, 0.1) is 25.9 Å². The maximum atomic E-state index is 13.4. The van der Waals surface area contributed by atoms with Gasteiger partial charge < -0.3 is 25.2 Å². The Labute approximate surface area is 154 Å². The van der Waals surface area contributed by atoms with E-state index in [-0.39, 0.29) is 12.7 Å². The first-order valence-electron chi connectivity index (χ1n) is 9.32. The van der Waals surface area contributed by atoms with Gasteiger partial charge in [0.25, 0.3) is 0 Å². The van der Waals surface area contributed by atoms with Gasteiger partial charge in [-0.1, -0.05) is 6.07 Å². The van der Waals surface area contributed by atoms with Crippen molar-refractivity contribution < 1.29 is 19.0 Å². The van der Waals surface area contributed by atoms with E-state index in [1.165, 1.54) is 6.07 Å². The molecule has 0 saturated carbocycles. The van der Waals surface area contributed by atoms with Crippen LogP contribution >= 0.6 is 0 Å². The van der Waals surface area contributed by atoms with Gasteiger partial charge in [0.15, 0.2) is 5.96 Å². The molecule has 1 aromatic rings. The number of hydrogen-bond donors (Lipinski definition) is 3. The first-order valence-corrected chi connectivity index (χ1v) is 9.32. The van der Waals surface area contributed by atoms with Crippen molar-refractivity contribution in [3.05, 3.63) is 35.1 Å². The molecule has 26 heavy (non-hydrogen) atoms. The maximum absolute atomic E-state index is 13.4. The summed E-state index contributed by atoms with van der Waals surface area (Å²) in [5, 5.41) is 15.6. The normalized spacial score (nSPS) is 17.5. The lowest BCUT2D eigenvalue weighted by Crippen LogP contribution is -2.38. The Bertz CT molecular complexity index is 563. The maximum Gasteiger partial charge on any atom is 0.191 e. The van der Waals surface area contributed by atoms with Crippen LogP contribution in [0.25, 0.3) is 0 Å². The van der Waals surface area contributed by atoms with Crippen molar-refractivity contribution in [3.63, 3.8) is 0 Å². The molecule has 1 aliphatic heterocycles. The molecule has 0 aromatic heterocycles. The molecule has 0 bridgehead atoms. The van der Waals surface area contributed by atoms with Crippen molar-refractivity contribution in [3.8, 4) is 0 Å². The standard InChI is InChI=1S/C19H30FN3O3/c1-2-21-19(22-8-4-9-25-14-17-5-3-10-26-17)23-12-15-6-7-18(20)16(11-15)13-24/h6-7,11,17,24H,2-5,8-10,12-14H2,1H3,(H2,21,22,23). The molecule has 1 aliphatic rings. The number of nitrogens with one attached hydrogen (secondary N) is 2. The third-order valence-corrected chi connectivity index (χ3v) is 4.13. The summed E-state index contributed by atoms with van der Waals surface area (Å²) in [6.07, 6.45) is 3.37. The highest BCUT2D eigenvalue weighted by atomic mass is 19.1. The van der Waals surface area contributed by atoms with E-state index in [4.69, 9.17) is 14.6 Å². The van der Waals surface area contributed by atoms with E-state index in [1.807, 2.05) is 6.92 Å². The number of benzene rings is 1. The summed E-state index contributed by atoms with van der Waals surface area (Å²) in [6, 6.07) is 4.68.